The zero-order valence-corrected chi connectivity index (χ0v) is 8.83. The molecule has 1 unspecified atom stereocenters. The highest BCUT2D eigenvalue weighted by atomic mass is 16.3. The summed E-state index contributed by atoms with van der Waals surface area (Å²) in [7, 11) is 0. The molecule has 1 rings (SSSR count). The van der Waals surface area contributed by atoms with Crippen LogP contribution in [0, 0.1) is 6.92 Å². The first-order chi connectivity index (χ1) is 6.65. The molecule has 1 heterocycles. The molecule has 1 aromatic rings. The van der Waals surface area contributed by atoms with Crippen LogP contribution in [0.1, 0.15) is 37.1 Å². The van der Waals surface area contributed by atoms with E-state index in [4.69, 9.17) is 0 Å². The molecule has 1 N–H and O–H groups in total. The largest absolute Gasteiger partial charge is 0.386 e. The molecule has 14 heavy (non-hydrogen) atoms. The highest BCUT2D eigenvalue weighted by molar-refractivity contribution is 5.21. The summed E-state index contributed by atoms with van der Waals surface area (Å²) in [6.07, 6.45) is 2.71. The van der Waals surface area contributed by atoms with E-state index < -0.39 is 6.10 Å². The standard InChI is InChI=1S/C12H17NO/c1-4-9(2)8-11(14)12-10(3)6-5-7-13-12/h5-7,11,14H,2,4,8H2,1,3H3. The molecule has 0 bridgehead atoms. The van der Waals surface area contributed by atoms with Crippen molar-refractivity contribution in [3.8, 4) is 0 Å². The quantitative estimate of drug-likeness (QED) is 0.742. The number of aromatic nitrogens is 1. The van der Waals surface area contributed by atoms with Crippen molar-refractivity contribution in [2.75, 3.05) is 0 Å². The van der Waals surface area contributed by atoms with E-state index in [1.54, 1.807) is 6.20 Å². The van der Waals surface area contributed by atoms with E-state index >= 15 is 0 Å². The molecule has 0 aromatic carbocycles. The van der Waals surface area contributed by atoms with E-state index in [2.05, 4.69) is 11.6 Å². The van der Waals surface area contributed by atoms with Gasteiger partial charge >= 0.3 is 0 Å². The molecule has 76 valence electrons. The maximum atomic E-state index is 9.88. The van der Waals surface area contributed by atoms with Gasteiger partial charge in [0.1, 0.15) is 0 Å². The SMILES string of the molecule is C=C(CC)CC(O)c1ncccc1C. The lowest BCUT2D eigenvalue weighted by atomic mass is 10.0. The summed E-state index contributed by atoms with van der Waals surface area (Å²) in [6, 6.07) is 3.83. The Morgan fingerprint density at radius 3 is 2.93 bits per heavy atom. The van der Waals surface area contributed by atoms with E-state index in [0.29, 0.717) is 6.42 Å². The lowest BCUT2D eigenvalue weighted by Gasteiger charge is -2.12. The van der Waals surface area contributed by atoms with Crippen LogP contribution in [0.3, 0.4) is 0 Å². The fourth-order valence-corrected chi connectivity index (χ4v) is 1.36. The summed E-state index contributed by atoms with van der Waals surface area (Å²) in [5, 5.41) is 9.88. The Morgan fingerprint density at radius 2 is 2.36 bits per heavy atom. The molecule has 0 aliphatic carbocycles. The number of rotatable bonds is 4. The molecule has 0 aliphatic rings. The number of nitrogens with zero attached hydrogens (tertiary/aromatic N) is 1. The van der Waals surface area contributed by atoms with Gasteiger partial charge in [0.25, 0.3) is 0 Å². The number of aryl methyl sites for hydroxylation is 1. The molecule has 1 aromatic heterocycles. The van der Waals surface area contributed by atoms with Gasteiger partial charge in [0.15, 0.2) is 0 Å². The van der Waals surface area contributed by atoms with E-state index in [1.165, 1.54) is 0 Å². The van der Waals surface area contributed by atoms with Gasteiger partial charge in [-0.2, -0.15) is 0 Å². The van der Waals surface area contributed by atoms with Gasteiger partial charge in [0, 0.05) is 6.20 Å². The highest BCUT2D eigenvalue weighted by Crippen LogP contribution is 2.21. The fraction of sp³-hybridized carbons (Fsp3) is 0.417. The first-order valence-electron chi connectivity index (χ1n) is 4.91. The molecule has 2 nitrogen and oxygen atoms in total. The van der Waals surface area contributed by atoms with Gasteiger partial charge in [0.05, 0.1) is 11.8 Å². The van der Waals surface area contributed by atoms with Gasteiger partial charge in [-0.15, -0.1) is 0 Å². The summed E-state index contributed by atoms with van der Waals surface area (Å²) in [5.74, 6) is 0. The Bertz CT molecular complexity index is 320. The maximum Gasteiger partial charge on any atom is 0.0999 e. The molecule has 0 saturated carbocycles. The van der Waals surface area contributed by atoms with Crippen molar-refractivity contribution in [3.05, 3.63) is 41.7 Å². The number of pyridine rings is 1. The second kappa shape index (κ2) is 4.91. The summed E-state index contributed by atoms with van der Waals surface area (Å²) >= 11 is 0. The van der Waals surface area contributed by atoms with E-state index in [-0.39, 0.29) is 0 Å². The van der Waals surface area contributed by atoms with Crippen molar-refractivity contribution < 1.29 is 5.11 Å². The molecule has 0 spiro atoms. The zero-order valence-electron chi connectivity index (χ0n) is 8.83. The Morgan fingerprint density at radius 1 is 1.64 bits per heavy atom. The second-order valence-corrected chi connectivity index (χ2v) is 3.53. The van der Waals surface area contributed by atoms with Gasteiger partial charge in [-0.25, -0.2) is 0 Å². The van der Waals surface area contributed by atoms with Gasteiger partial charge < -0.3 is 5.11 Å². The summed E-state index contributed by atoms with van der Waals surface area (Å²) in [5.41, 5.74) is 2.86. The Balaban J connectivity index is 2.74. The van der Waals surface area contributed by atoms with Crippen molar-refractivity contribution in [1.29, 1.82) is 0 Å². The van der Waals surface area contributed by atoms with E-state index in [0.717, 1.165) is 23.3 Å². The van der Waals surface area contributed by atoms with Gasteiger partial charge in [0.2, 0.25) is 0 Å². The second-order valence-electron chi connectivity index (χ2n) is 3.53. The lowest BCUT2D eigenvalue weighted by molar-refractivity contribution is 0.172. The van der Waals surface area contributed by atoms with Crippen LogP contribution >= 0.6 is 0 Å². The molecule has 0 aliphatic heterocycles. The predicted octanol–water partition coefficient (Wildman–Crippen LogP) is 2.78. The predicted molar refractivity (Wildman–Crippen MR) is 58.0 cm³/mol. The normalized spacial score (nSPS) is 12.5. The molecule has 2 heteroatoms. The fourth-order valence-electron chi connectivity index (χ4n) is 1.36. The number of aliphatic hydroxyl groups excluding tert-OH is 1. The van der Waals surface area contributed by atoms with Crippen LogP contribution in [0.5, 0.6) is 0 Å². The summed E-state index contributed by atoms with van der Waals surface area (Å²) < 4.78 is 0. The maximum absolute atomic E-state index is 9.88. The van der Waals surface area contributed by atoms with Crippen LogP contribution in [-0.2, 0) is 0 Å². The molecule has 0 amide bonds. The van der Waals surface area contributed by atoms with Crippen molar-refractivity contribution in [3.63, 3.8) is 0 Å². The third-order valence-electron chi connectivity index (χ3n) is 2.35. The van der Waals surface area contributed by atoms with Crippen LogP contribution in [-0.4, -0.2) is 10.1 Å². The highest BCUT2D eigenvalue weighted by Gasteiger charge is 2.11. The van der Waals surface area contributed by atoms with Gasteiger partial charge in [-0.1, -0.05) is 25.1 Å². The van der Waals surface area contributed by atoms with Gasteiger partial charge in [-0.3, -0.25) is 4.98 Å². The number of hydrogen-bond donors (Lipinski definition) is 1. The summed E-state index contributed by atoms with van der Waals surface area (Å²) in [4.78, 5) is 4.17. The number of hydrogen-bond acceptors (Lipinski definition) is 2. The average molecular weight is 191 g/mol. The third-order valence-corrected chi connectivity index (χ3v) is 2.35. The Hall–Kier alpha value is -1.15. The molecule has 0 saturated heterocycles. The lowest BCUT2D eigenvalue weighted by Crippen LogP contribution is -2.03. The summed E-state index contributed by atoms with van der Waals surface area (Å²) in [6.45, 7) is 7.88. The minimum Gasteiger partial charge on any atom is -0.386 e. The molecule has 1 atom stereocenters. The molecular formula is C12H17NO. The minimum absolute atomic E-state index is 0.511. The topological polar surface area (TPSA) is 33.1 Å². The monoisotopic (exact) mass is 191 g/mol. The molecule has 0 radical (unpaired) electrons. The molecule has 0 fully saturated rings. The Kier molecular flexibility index (Phi) is 3.84. The van der Waals surface area contributed by atoms with Crippen molar-refractivity contribution in [2.45, 2.75) is 32.8 Å². The smallest absolute Gasteiger partial charge is 0.0999 e. The van der Waals surface area contributed by atoms with Gasteiger partial charge in [-0.05, 0) is 31.4 Å². The molecular weight excluding hydrogens is 174 g/mol. The van der Waals surface area contributed by atoms with Crippen LogP contribution < -0.4 is 0 Å². The van der Waals surface area contributed by atoms with Crippen molar-refractivity contribution >= 4 is 0 Å². The van der Waals surface area contributed by atoms with Crippen LogP contribution in [0.15, 0.2) is 30.5 Å². The first-order valence-corrected chi connectivity index (χ1v) is 4.91. The van der Waals surface area contributed by atoms with Crippen LogP contribution in [0.25, 0.3) is 0 Å². The zero-order chi connectivity index (χ0) is 10.6. The van der Waals surface area contributed by atoms with Crippen LogP contribution in [0.4, 0.5) is 0 Å². The van der Waals surface area contributed by atoms with Crippen molar-refractivity contribution in [2.24, 2.45) is 0 Å². The number of aliphatic hydroxyl groups is 1. The first kappa shape index (κ1) is 10.9. The van der Waals surface area contributed by atoms with E-state index in [9.17, 15) is 5.11 Å². The minimum atomic E-state index is -0.511. The third kappa shape index (κ3) is 2.67. The average Bonchev–Trinajstić information content (AvgIpc) is 2.18. The Labute approximate surface area is 85.3 Å². The van der Waals surface area contributed by atoms with Crippen LogP contribution in [0.2, 0.25) is 0 Å². The van der Waals surface area contributed by atoms with E-state index in [1.807, 2.05) is 26.0 Å². The van der Waals surface area contributed by atoms with Crippen molar-refractivity contribution in [1.82, 2.24) is 4.98 Å².